The van der Waals surface area contributed by atoms with Crippen LogP contribution < -0.4 is 5.32 Å². The van der Waals surface area contributed by atoms with Crippen molar-refractivity contribution in [1.82, 2.24) is 5.32 Å². The Morgan fingerprint density at radius 1 is 1.46 bits per heavy atom. The van der Waals surface area contributed by atoms with E-state index < -0.39 is 17.7 Å². The Bertz CT molecular complexity index is 344. The first kappa shape index (κ1) is 9.62. The largest absolute Gasteiger partial charge is 0.301 e. The van der Waals surface area contributed by atoms with E-state index in [-0.39, 0.29) is 5.56 Å². The van der Waals surface area contributed by atoms with Gasteiger partial charge in [0.2, 0.25) is 0 Å². The number of nitrogens with zero attached hydrogens (tertiary/aromatic N) is 1. The first-order valence-electron chi connectivity index (χ1n) is 3.71. The molecule has 1 aromatic rings. The number of nitriles is 1. The Balaban J connectivity index is 3.09. The summed E-state index contributed by atoms with van der Waals surface area (Å²) in [6, 6.07) is 4.26. The van der Waals surface area contributed by atoms with Crippen molar-refractivity contribution < 1.29 is 8.78 Å². The SMILES string of the molecule is CNC(C#N)c1ccc(F)cc1F. The van der Waals surface area contributed by atoms with Crippen LogP contribution in [0, 0.1) is 23.0 Å². The highest BCUT2D eigenvalue weighted by Crippen LogP contribution is 2.16. The minimum atomic E-state index is -0.736. The molecule has 0 saturated carbocycles. The molecule has 0 saturated heterocycles. The predicted molar refractivity (Wildman–Crippen MR) is 43.8 cm³/mol. The maximum Gasteiger partial charge on any atom is 0.131 e. The van der Waals surface area contributed by atoms with Gasteiger partial charge in [-0.2, -0.15) is 5.26 Å². The number of benzene rings is 1. The lowest BCUT2D eigenvalue weighted by atomic mass is 10.1. The minimum absolute atomic E-state index is 0.159. The van der Waals surface area contributed by atoms with Gasteiger partial charge in [-0.15, -0.1) is 0 Å². The summed E-state index contributed by atoms with van der Waals surface area (Å²) >= 11 is 0. The Morgan fingerprint density at radius 2 is 2.15 bits per heavy atom. The van der Waals surface area contributed by atoms with Crippen LogP contribution in [0.2, 0.25) is 0 Å². The summed E-state index contributed by atoms with van der Waals surface area (Å²) in [4.78, 5) is 0. The molecule has 0 amide bonds. The molecule has 1 unspecified atom stereocenters. The molecule has 1 aromatic carbocycles. The lowest BCUT2D eigenvalue weighted by Gasteiger charge is -2.08. The lowest BCUT2D eigenvalue weighted by molar-refractivity contribution is 0.557. The van der Waals surface area contributed by atoms with Gasteiger partial charge in [-0.25, -0.2) is 8.78 Å². The third kappa shape index (κ3) is 2.01. The van der Waals surface area contributed by atoms with Crippen LogP contribution in [0.1, 0.15) is 11.6 Å². The van der Waals surface area contributed by atoms with Crippen LogP contribution in [-0.2, 0) is 0 Å². The summed E-state index contributed by atoms with van der Waals surface area (Å²) in [6.07, 6.45) is 0. The number of hydrogen-bond donors (Lipinski definition) is 1. The third-order valence-corrected chi connectivity index (χ3v) is 1.69. The fourth-order valence-electron chi connectivity index (χ4n) is 1.03. The van der Waals surface area contributed by atoms with Gasteiger partial charge in [-0.05, 0) is 13.1 Å². The summed E-state index contributed by atoms with van der Waals surface area (Å²) in [5.74, 6) is -1.35. The summed E-state index contributed by atoms with van der Waals surface area (Å²) < 4.78 is 25.5. The second-order valence-corrected chi connectivity index (χ2v) is 2.52. The highest BCUT2D eigenvalue weighted by molar-refractivity contribution is 5.26. The Labute approximate surface area is 74.8 Å². The fraction of sp³-hybridized carbons (Fsp3) is 0.222. The van der Waals surface area contributed by atoms with Gasteiger partial charge in [0.15, 0.2) is 0 Å². The van der Waals surface area contributed by atoms with Crippen LogP contribution in [0.3, 0.4) is 0 Å². The molecule has 4 heteroatoms. The van der Waals surface area contributed by atoms with Crippen molar-refractivity contribution in [1.29, 1.82) is 5.26 Å². The van der Waals surface area contributed by atoms with Crippen molar-refractivity contribution >= 4 is 0 Å². The average Bonchev–Trinajstić information content (AvgIpc) is 2.10. The van der Waals surface area contributed by atoms with E-state index in [0.717, 1.165) is 12.1 Å². The van der Waals surface area contributed by atoms with E-state index in [1.165, 1.54) is 13.1 Å². The molecule has 0 aliphatic heterocycles. The fourth-order valence-corrected chi connectivity index (χ4v) is 1.03. The summed E-state index contributed by atoms with van der Waals surface area (Å²) in [7, 11) is 1.54. The molecular formula is C9H8F2N2. The zero-order chi connectivity index (χ0) is 9.84. The summed E-state index contributed by atoms with van der Waals surface area (Å²) in [5, 5.41) is 11.2. The molecule has 68 valence electrons. The third-order valence-electron chi connectivity index (χ3n) is 1.69. The first-order valence-corrected chi connectivity index (χ1v) is 3.71. The van der Waals surface area contributed by atoms with Crippen molar-refractivity contribution in [3.63, 3.8) is 0 Å². The molecule has 0 aliphatic carbocycles. The Hall–Kier alpha value is -1.47. The van der Waals surface area contributed by atoms with Crippen molar-refractivity contribution in [2.75, 3.05) is 7.05 Å². The first-order chi connectivity index (χ1) is 6.19. The zero-order valence-corrected chi connectivity index (χ0v) is 7.01. The number of rotatable bonds is 2. The second-order valence-electron chi connectivity index (χ2n) is 2.52. The van der Waals surface area contributed by atoms with Crippen LogP contribution in [0.4, 0.5) is 8.78 Å². The van der Waals surface area contributed by atoms with Gasteiger partial charge in [-0.1, -0.05) is 6.07 Å². The summed E-state index contributed by atoms with van der Waals surface area (Å²) in [6.45, 7) is 0. The van der Waals surface area contributed by atoms with Crippen LogP contribution in [0.5, 0.6) is 0 Å². The number of halogens is 2. The molecule has 0 fully saturated rings. The standard InChI is InChI=1S/C9H8F2N2/c1-13-9(5-12)7-3-2-6(10)4-8(7)11/h2-4,9,13H,1H3. The van der Waals surface area contributed by atoms with Gasteiger partial charge in [0.05, 0.1) is 6.07 Å². The van der Waals surface area contributed by atoms with Crippen molar-refractivity contribution in [2.45, 2.75) is 6.04 Å². The van der Waals surface area contributed by atoms with Crippen molar-refractivity contribution in [2.24, 2.45) is 0 Å². The van der Waals surface area contributed by atoms with Gasteiger partial charge < -0.3 is 5.32 Å². The van der Waals surface area contributed by atoms with Crippen molar-refractivity contribution in [3.8, 4) is 6.07 Å². The van der Waals surface area contributed by atoms with E-state index in [1.54, 1.807) is 0 Å². The Morgan fingerprint density at radius 3 is 2.62 bits per heavy atom. The van der Waals surface area contributed by atoms with E-state index in [0.29, 0.717) is 0 Å². The predicted octanol–water partition coefficient (Wildman–Crippen LogP) is 1.75. The smallest absolute Gasteiger partial charge is 0.131 e. The van der Waals surface area contributed by atoms with E-state index in [9.17, 15) is 8.78 Å². The molecule has 0 heterocycles. The van der Waals surface area contributed by atoms with Crippen molar-refractivity contribution in [3.05, 3.63) is 35.4 Å². The molecule has 0 spiro atoms. The van der Waals surface area contributed by atoms with E-state index in [2.05, 4.69) is 5.32 Å². The van der Waals surface area contributed by atoms with E-state index in [4.69, 9.17) is 5.26 Å². The van der Waals surface area contributed by atoms with Crippen LogP contribution in [0.15, 0.2) is 18.2 Å². The molecule has 1 N–H and O–H groups in total. The van der Waals surface area contributed by atoms with Crippen LogP contribution in [0.25, 0.3) is 0 Å². The molecule has 0 bridgehead atoms. The van der Waals surface area contributed by atoms with Gasteiger partial charge in [-0.3, -0.25) is 0 Å². The number of nitrogens with one attached hydrogen (secondary N) is 1. The zero-order valence-electron chi connectivity index (χ0n) is 7.01. The maximum absolute atomic E-state index is 13.0. The molecular weight excluding hydrogens is 174 g/mol. The van der Waals surface area contributed by atoms with Crippen LogP contribution in [-0.4, -0.2) is 7.05 Å². The van der Waals surface area contributed by atoms with Gasteiger partial charge in [0.1, 0.15) is 17.7 Å². The molecule has 0 aromatic heterocycles. The number of hydrogen-bond acceptors (Lipinski definition) is 2. The lowest BCUT2D eigenvalue weighted by Crippen LogP contribution is -2.15. The van der Waals surface area contributed by atoms with Gasteiger partial charge in [0, 0.05) is 11.6 Å². The average molecular weight is 182 g/mol. The minimum Gasteiger partial charge on any atom is -0.301 e. The topological polar surface area (TPSA) is 35.8 Å². The molecule has 0 radical (unpaired) electrons. The molecule has 13 heavy (non-hydrogen) atoms. The molecule has 0 aliphatic rings. The quantitative estimate of drug-likeness (QED) is 0.756. The monoisotopic (exact) mass is 182 g/mol. The van der Waals surface area contributed by atoms with Gasteiger partial charge in [0.25, 0.3) is 0 Å². The molecule has 1 rings (SSSR count). The normalized spacial score (nSPS) is 12.2. The van der Waals surface area contributed by atoms with E-state index >= 15 is 0 Å². The second kappa shape index (κ2) is 3.97. The van der Waals surface area contributed by atoms with Crippen LogP contribution >= 0.6 is 0 Å². The maximum atomic E-state index is 13.0. The molecule has 2 nitrogen and oxygen atoms in total. The summed E-state index contributed by atoms with van der Waals surface area (Å²) in [5.41, 5.74) is 0.159. The highest BCUT2D eigenvalue weighted by atomic mass is 19.1. The van der Waals surface area contributed by atoms with Gasteiger partial charge >= 0.3 is 0 Å². The Kier molecular flexibility index (Phi) is 2.93. The van der Waals surface area contributed by atoms with E-state index in [1.807, 2.05) is 6.07 Å². The molecule has 1 atom stereocenters. The highest BCUT2D eigenvalue weighted by Gasteiger charge is 2.12.